The van der Waals surface area contributed by atoms with Crippen molar-refractivity contribution in [2.24, 2.45) is 5.73 Å². The van der Waals surface area contributed by atoms with E-state index in [1.165, 1.54) is 5.56 Å². The van der Waals surface area contributed by atoms with Crippen molar-refractivity contribution < 1.29 is 9.47 Å². The van der Waals surface area contributed by atoms with Gasteiger partial charge in [-0.25, -0.2) is 0 Å². The minimum atomic E-state index is -0.128. The Labute approximate surface area is 126 Å². The molecule has 0 fully saturated rings. The summed E-state index contributed by atoms with van der Waals surface area (Å²) in [5.74, 6) is 1.72. The molecule has 3 nitrogen and oxygen atoms in total. The molecular formula is C18H23NO2. The number of methoxy groups -OCH3 is 2. The van der Waals surface area contributed by atoms with Crippen LogP contribution in [0.25, 0.3) is 0 Å². The van der Waals surface area contributed by atoms with E-state index in [1.807, 2.05) is 31.2 Å². The summed E-state index contributed by atoms with van der Waals surface area (Å²) in [4.78, 5) is 0. The largest absolute Gasteiger partial charge is 0.496 e. The van der Waals surface area contributed by atoms with Crippen molar-refractivity contribution in [1.82, 2.24) is 0 Å². The molecule has 3 heteroatoms. The monoisotopic (exact) mass is 285 g/mol. The second kappa shape index (κ2) is 6.64. The summed E-state index contributed by atoms with van der Waals surface area (Å²) in [6, 6.07) is 12.1. The predicted octanol–water partition coefficient (Wildman–Crippen LogP) is 3.56. The third kappa shape index (κ3) is 3.56. The van der Waals surface area contributed by atoms with E-state index in [0.29, 0.717) is 6.42 Å². The average molecular weight is 285 g/mol. The van der Waals surface area contributed by atoms with E-state index >= 15 is 0 Å². The molecule has 0 spiro atoms. The molecule has 2 aromatic carbocycles. The van der Waals surface area contributed by atoms with Gasteiger partial charge in [0.15, 0.2) is 0 Å². The van der Waals surface area contributed by atoms with Crippen LogP contribution in [0.2, 0.25) is 0 Å². The Hall–Kier alpha value is -2.00. The zero-order chi connectivity index (χ0) is 15.4. The van der Waals surface area contributed by atoms with Crippen LogP contribution in [-0.2, 0) is 6.42 Å². The molecule has 2 N–H and O–H groups in total. The topological polar surface area (TPSA) is 44.5 Å². The van der Waals surface area contributed by atoms with E-state index in [0.717, 1.165) is 28.2 Å². The van der Waals surface area contributed by atoms with Gasteiger partial charge in [0.05, 0.1) is 14.2 Å². The molecule has 21 heavy (non-hydrogen) atoms. The number of hydrogen-bond acceptors (Lipinski definition) is 3. The maximum Gasteiger partial charge on any atom is 0.123 e. The Morgan fingerprint density at radius 2 is 1.52 bits per heavy atom. The number of rotatable bonds is 5. The lowest BCUT2D eigenvalue weighted by molar-refractivity contribution is 0.400. The highest BCUT2D eigenvalue weighted by atomic mass is 16.5. The van der Waals surface area contributed by atoms with Gasteiger partial charge in [-0.2, -0.15) is 0 Å². The summed E-state index contributed by atoms with van der Waals surface area (Å²) >= 11 is 0. The second-order valence-electron chi connectivity index (χ2n) is 5.37. The lowest BCUT2D eigenvalue weighted by Crippen LogP contribution is -2.15. The summed E-state index contributed by atoms with van der Waals surface area (Å²) in [7, 11) is 3.37. The van der Waals surface area contributed by atoms with Crippen LogP contribution in [0.1, 0.15) is 28.3 Å². The molecular weight excluding hydrogens is 262 g/mol. The molecule has 1 unspecified atom stereocenters. The van der Waals surface area contributed by atoms with Gasteiger partial charge in [-0.15, -0.1) is 0 Å². The van der Waals surface area contributed by atoms with Crippen LogP contribution in [0.15, 0.2) is 36.4 Å². The normalized spacial score (nSPS) is 12.0. The van der Waals surface area contributed by atoms with Gasteiger partial charge in [0.25, 0.3) is 0 Å². The lowest BCUT2D eigenvalue weighted by Gasteiger charge is -2.18. The van der Waals surface area contributed by atoms with Crippen LogP contribution in [0, 0.1) is 13.8 Å². The second-order valence-corrected chi connectivity index (χ2v) is 5.37. The molecule has 0 aliphatic rings. The highest BCUT2D eigenvalue weighted by molar-refractivity contribution is 5.42. The van der Waals surface area contributed by atoms with Gasteiger partial charge in [-0.05, 0) is 43.5 Å². The molecule has 112 valence electrons. The molecule has 2 rings (SSSR count). The number of benzene rings is 2. The van der Waals surface area contributed by atoms with Crippen molar-refractivity contribution >= 4 is 0 Å². The zero-order valence-electron chi connectivity index (χ0n) is 13.1. The molecule has 1 atom stereocenters. The van der Waals surface area contributed by atoms with E-state index in [2.05, 4.69) is 19.1 Å². The molecule has 0 saturated carbocycles. The Balaban J connectivity index is 2.30. The smallest absolute Gasteiger partial charge is 0.123 e. The van der Waals surface area contributed by atoms with E-state index in [-0.39, 0.29) is 6.04 Å². The zero-order valence-corrected chi connectivity index (χ0v) is 13.1. The van der Waals surface area contributed by atoms with Gasteiger partial charge in [-0.1, -0.05) is 29.8 Å². The first-order valence-electron chi connectivity index (χ1n) is 7.08. The van der Waals surface area contributed by atoms with E-state index in [9.17, 15) is 0 Å². The van der Waals surface area contributed by atoms with Crippen LogP contribution >= 0.6 is 0 Å². The molecule has 0 aliphatic heterocycles. The third-order valence-corrected chi connectivity index (χ3v) is 3.66. The van der Waals surface area contributed by atoms with Gasteiger partial charge in [0, 0.05) is 11.6 Å². The number of ether oxygens (including phenoxy) is 2. The SMILES string of the molecule is COc1ccc(C)cc1CC(N)c1ccc(C)cc1OC. The van der Waals surface area contributed by atoms with Crippen molar-refractivity contribution in [1.29, 1.82) is 0 Å². The Morgan fingerprint density at radius 1 is 0.905 bits per heavy atom. The highest BCUT2D eigenvalue weighted by Gasteiger charge is 2.15. The predicted molar refractivity (Wildman–Crippen MR) is 86.1 cm³/mol. The quantitative estimate of drug-likeness (QED) is 0.913. The van der Waals surface area contributed by atoms with Gasteiger partial charge in [0.2, 0.25) is 0 Å². The standard InChI is InChI=1S/C18H23NO2/c1-12-6-8-17(20-3)14(9-12)11-16(19)15-7-5-13(2)10-18(15)21-4/h5-10,16H,11,19H2,1-4H3. The van der Waals surface area contributed by atoms with E-state index in [4.69, 9.17) is 15.2 Å². The number of hydrogen-bond donors (Lipinski definition) is 1. The first kappa shape index (κ1) is 15.4. The maximum atomic E-state index is 6.39. The molecule has 0 amide bonds. The molecule has 0 aromatic heterocycles. The summed E-state index contributed by atoms with van der Waals surface area (Å²) in [6.07, 6.45) is 0.713. The lowest BCUT2D eigenvalue weighted by atomic mass is 9.96. The molecule has 0 saturated heterocycles. The fraction of sp³-hybridized carbons (Fsp3) is 0.333. The van der Waals surface area contributed by atoms with Gasteiger partial charge in [-0.3, -0.25) is 0 Å². The van der Waals surface area contributed by atoms with Crippen LogP contribution in [-0.4, -0.2) is 14.2 Å². The Kier molecular flexibility index (Phi) is 4.86. The maximum absolute atomic E-state index is 6.39. The van der Waals surface area contributed by atoms with Gasteiger partial charge in [0.1, 0.15) is 11.5 Å². The Morgan fingerprint density at radius 3 is 2.19 bits per heavy atom. The summed E-state index contributed by atoms with van der Waals surface area (Å²) in [5.41, 5.74) is 10.9. The van der Waals surface area contributed by atoms with Crippen LogP contribution in [0.4, 0.5) is 0 Å². The average Bonchev–Trinajstić information content (AvgIpc) is 2.47. The number of aryl methyl sites for hydroxylation is 2. The minimum absolute atomic E-state index is 0.128. The minimum Gasteiger partial charge on any atom is -0.496 e. The highest BCUT2D eigenvalue weighted by Crippen LogP contribution is 2.30. The van der Waals surface area contributed by atoms with E-state index in [1.54, 1.807) is 14.2 Å². The van der Waals surface area contributed by atoms with Gasteiger partial charge < -0.3 is 15.2 Å². The summed E-state index contributed by atoms with van der Waals surface area (Å²) in [6.45, 7) is 4.11. The molecule has 0 heterocycles. The molecule has 0 bridgehead atoms. The van der Waals surface area contributed by atoms with Crippen molar-refractivity contribution in [2.75, 3.05) is 14.2 Å². The van der Waals surface area contributed by atoms with Crippen LogP contribution in [0.5, 0.6) is 11.5 Å². The first-order chi connectivity index (χ1) is 10.0. The van der Waals surface area contributed by atoms with Crippen molar-refractivity contribution in [2.45, 2.75) is 26.3 Å². The van der Waals surface area contributed by atoms with E-state index < -0.39 is 0 Å². The van der Waals surface area contributed by atoms with Gasteiger partial charge >= 0.3 is 0 Å². The third-order valence-electron chi connectivity index (χ3n) is 3.66. The first-order valence-corrected chi connectivity index (χ1v) is 7.08. The number of nitrogens with two attached hydrogens (primary N) is 1. The fourth-order valence-corrected chi connectivity index (χ4v) is 2.54. The van der Waals surface area contributed by atoms with Crippen LogP contribution in [0.3, 0.4) is 0 Å². The Bertz CT molecular complexity index is 623. The molecule has 0 radical (unpaired) electrons. The van der Waals surface area contributed by atoms with Crippen LogP contribution < -0.4 is 15.2 Å². The molecule has 2 aromatic rings. The van der Waals surface area contributed by atoms with Crippen molar-refractivity contribution in [3.05, 3.63) is 58.7 Å². The summed E-state index contributed by atoms with van der Waals surface area (Å²) < 4.78 is 10.9. The van der Waals surface area contributed by atoms with Crippen molar-refractivity contribution in [3.63, 3.8) is 0 Å². The molecule has 0 aliphatic carbocycles. The van der Waals surface area contributed by atoms with Crippen molar-refractivity contribution in [3.8, 4) is 11.5 Å². The fourth-order valence-electron chi connectivity index (χ4n) is 2.54. The summed E-state index contributed by atoms with van der Waals surface area (Å²) in [5, 5.41) is 0.